The van der Waals surface area contributed by atoms with Gasteiger partial charge < -0.3 is 10.4 Å². The zero-order valence-electron chi connectivity index (χ0n) is 10.3. The number of rotatable bonds is 4. The summed E-state index contributed by atoms with van der Waals surface area (Å²) < 4.78 is 0. The molecule has 0 aliphatic rings. The number of benzene rings is 1. The fourth-order valence-electron chi connectivity index (χ4n) is 1.66. The summed E-state index contributed by atoms with van der Waals surface area (Å²) >= 11 is 0. The highest BCUT2D eigenvalue weighted by atomic mass is 16.3. The molecule has 6 nitrogen and oxygen atoms in total. The molecule has 0 spiro atoms. The van der Waals surface area contributed by atoms with Crippen molar-refractivity contribution in [1.82, 2.24) is 20.7 Å². The molecular formula is C12H16N4O2. The summed E-state index contributed by atoms with van der Waals surface area (Å²) in [6, 6.07) is 4.85. The number of nitrogens with one attached hydrogen (secondary N) is 2. The van der Waals surface area contributed by atoms with Crippen LogP contribution in [0.2, 0.25) is 0 Å². The van der Waals surface area contributed by atoms with Crippen LogP contribution < -0.4 is 5.32 Å². The predicted molar refractivity (Wildman–Crippen MR) is 67.1 cm³/mol. The van der Waals surface area contributed by atoms with Crippen molar-refractivity contribution in [1.29, 1.82) is 0 Å². The molecular weight excluding hydrogens is 232 g/mol. The molecule has 0 fully saturated rings. The number of aliphatic hydroxyl groups excluding tert-OH is 1. The van der Waals surface area contributed by atoms with Gasteiger partial charge in [-0.05, 0) is 24.1 Å². The first-order valence-electron chi connectivity index (χ1n) is 5.84. The van der Waals surface area contributed by atoms with Crippen LogP contribution >= 0.6 is 0 Å². The largest absolute Gasteiger partial charge is 0.394 e. The van der Waals surface area contributed by atoms with Crippen LogP contribution in [0.25, 0.3) is 11.0 Å². The molecule has 0 aliphatic carbocycles. The topological polar surface area (TPSA) is 90.9 Å². The van der Waals surface area contributed by atoms with Gasteiger partial charge in [0.15, 0.2) is 0 Å². The number of fused-ring (bicyclic) bond motifs is 1. The zero-order valence-corrected chi connectivity index (χ0v) is 10.3. The molecule has 1 amide bonds. The third-order valence-corrected chi connectivity index (χ3v) is 2.90. The molecule has 18 heavy (non-hydrogen) atoms. The van der Waals surface area contributed by atoms with Crippen molar-refractivity contribution in [2.24, 2.45) is 5.92 Å². The number of amides is 1. The second-order valence-electron chi connectivity index (χ2n) is 4.53. The zero-order chi connectivity index (χ0) is 13.1. The summed E-state index contributed by atoms with van der Waals surface area (Å²) in [5, 5.41) is 22.3. The monoisotopic (exact) mass is 248 g/mol. The Balaban J connectivity index is 2.17. The Kier molecular flexibility index (Phi) is 3.57. The molecule has 0 saturated heterocycles. The van der Waals surface area contributed by atoms with E-state index in [0.29, 0.717) is 16.6 Å². The van der Waals surface area contributed by atoms with E-state index in [1.807, 2.05) is 13.8 Å². The predicted octanol–water partition coefficient (Wildman–Crippen LogP) is 0.705. The SMILES string of the molecule is CC(C)[C@@H](CO)NC(=O)c1ccc2n[nH]nc2c1. The van der Waals surface area contributed by atoms with Gasteiger partial charge in [0.1, 0.15) is 11.0 Å². The Hall–Kier alpha value is -1.95. The van der Waals surface area contributed by atoms with Gasteiger partial charge in [0.25, 0.3) is 5.91 Å². The molecule has 0 unspecified atom stereocenters. The average molecular weight is 248 g/mol. The van der Waals surface area contributed by atoms with E-state index in [0.717, 1.165) is 0 Å². The van der Waals surface area contributed by atoms with E-state index in [2.05, 4.69) is 20.7 Å². The van der Waals surface area contributed by atoms with E-state index in [1.165, 1.54) is 0 Å². The summed E-state index contributed by atoms with van der Waals surface area (Å²) in [4.78, 5) is 12.0. The van der Waals surface area contributed by atoms with Crippen molar-refractivity contribution in [2.75, 3.05) is 6.61 Å². The van der Waals surface area contributed by atoms with Gasteiger partial charge in [-0.1, -0.05) is 13.8 Å². The number of nitrogens with zero attached hydrogens (tertiary/aromatic N) is 2. The number of carbonyl (C=O) groups excluding carboxylic acids is 1. The van der Waals surface area contributed by atoms with E-state index in [1.54, 1.807) is 18.2 Å². The highest BCUT2D eigenvalue weighted by Crippen LogP contribution is 2.11. The van der Waals surface area contributed by atoms with Crippen molar-refractivity contribution in [3.8, 4) is 0 Å². The number of carbonyl (C=O) groups is 1. The van der Waals surface area contributed by atoms with Crippen LogP contribution in [0.1, 0.15) is 24.2 Å². The average Bonchev–Trinajstić information content (AvgIpc) is 2.82. The van der Waals surface area contributed by atoms with Crippen molar-refractivity contribution >= 4 is 16.9 Å². The second-order valence-corrected chi connectivity index (χ2v) is 4.53. The smallest absolute Gasteiger partial charge is 0.251 e. The van der Waals surface area contributed by atoms with Crippen LogP contribution in [-0.4, -0.2) is 39.1 Å². The standard InChI is InChI=1S/C12H16N4O2/c1-7(2)11(6-17)13-12(18)8-3-4-9-10(5-8)15-16-14-9/h3-5,7,11,17H,6H2,1-2H3,(H,13,18)(H,14,15,16)/t11-/m1/s1. The van der Waals surface area contributed by atoms with Crippen LogP contribution in [0.15, 0.2) is 18.2 Å². The summed E-state index contributed by atoms with van der Waals surface area (Å²) in [7, 11) is 0. The Morgan fingerprint density at radius 3 is 2.78 bits per heavy atom. The second kappa shape index (κ2) is 5.14. The molecule has 0 saturated carbocycles. The summed E-state index contributed by atoms with van der Waals surface area (Å²) in [6.07, 6.45) is 0. The number of aromatic nitrogens is 3. The van der Waals surface area contributed by atoms with Crippen molar-refractivity contribution < 1.29 is 9.90 Å². The third kappa shape index (κ3) is 2.48. The van der Waals surface area contributed by atoms with Crippen LogP contribution in [-0.2, 0) is 0 Å². The van der Waals surface area contributed by atoms with Gasteiger partial charge in [0, 0.05) is 5.56 Å². The summed E-state index contributed by atoms with van der Waals surface area (Å²) in [6.45, 7) is 3.82. The lowest BCUT2D eigenvalue weighted by Crippen LogP contribution is -2.41. The van der Waals surface area contributed by atoms with Crippen molar-refractivity contribution in [2.45, 2.75) is 19.9 Å². The number of hydrogen-bond donors (Lipinski definition) is 3. The molecule has 96 valence electrons. The van der Waals surface area contributed by atoms with E-state index < -0.39 is 0 Å². The Morgan fingerprint density at radius 1 is 1.39 bits per heavy atom. The minimum absolute atomic E-state index is 0.0738. The molecule has 1 aromatic carbocycles. The lowest BCUT2D eigenvalue weighted by atomic mass is 10.0. The molecule has 2 rings (SSSR count). The van der Waals surface area contributed by atoms with Crippen LogP contribution in [0, 0.1) is 5.92 Å². The molecule has 1 heterocycles. The quantitative estimate of drug-likeness (QED) is 0.743. The van der Waals surface area contributed by atoms with Gasteiger partial charge in [-0.25, -0.2) is 0 Å². The van der Waals surface area contributed by atoms with Gasteiger partial charge in [-0.15, -0.1) is 0 Å². The fraction of sp³-hybridized carbons (Fsp3) is 0.417. The van der Waals surface area contributed by atoms with Crippen molar-refractivity contribution in [3.05, 3.63) is 23.8 Å². The molecule has 1 aromatic heterocycles. The van der Waals surface area contributed by atoms with Crippen LogP contribution in [0.5, 0.6) is 0 Å². The maximum Gasteiger partial charge on any atom is 0.251 e. The minimum Gasteiger partial charge on any atom is -0.394 e. The van der Waals surface area contributed by atoms with E-state index in [-0.39, 0.29) is 24.5 Å². The van der Waals surface area contributed by atoms with Gasteiger partial charge in [0.05, 0.1) is 12.6 Å². The van der Waals surface area contributed by atoms with Crippen LogP contribution in [0.4, 0.5) is 0 Å². The molecule has 6 heteroatoms. The molecule has 2 aromatic rings. The number of H-pyrrole nitrogens is 1. The molecule has 3 N–H and O–H groups in total. The fourth-order valence-corrected chi connectivity index (χ4v) is 1.66. The third-order valence-electron chi connectivity index (χ3n) is 2.90. The first kappa shape index (κ1) is 12.5. The van der Waals surface area contributed by atoms with E-state index >= 15 is 0 Å². The van der Waals surface area contributed by atoms with Gasteiger partial charge >= 0.3 is 0 Å². The number of hydrogen-bond acceptors (Lipinski definition) is 4. The summed E-state index contributed by atoms with van der Waals surface area (Å²) in [5.74, 6) is -0.0395. The Bertz CT molecular complexity index is 550. The number of aliphatic hydroxyl groups is 1. The molecule has 0 aliphatic heterocycles. The lowest BCUT2D eigenvalue weighted by molar-refractivity contribution is 0.0897. The van der Waals surface area contributed by atoms with Crippen LogP contribution in [0.3, 0.4) is 0 Å². The van der Waals surface area contributed by atoms with E-state index in [4.69, 9.17) is 0 Å². The molecule has 0 radical (unpaired) electrons. The maximum absolute atomic E-state index is 12.0. The first-order chi connectivity index (χ1) is 8.61. The minimum atomic E-state index is -0.245. The maximum atomic E-state index is 12.0. The normalized spacial score (nSPS) is 12.9. The van der Waals surface area contributed by atoms with E-state index in [9.17, 15) is 9.90 Å². The Labute approximate surface area is 104 Å². The van der Waals surface area contributed by atoms with Gasteiger partial charge in [0.2, 0.25) is 0 Å². The number of aromatic amines is 1. The molecule has 1 atom stereocenters. The summed E-state index contributed by atoms with van der Waals surface area (Å²) in [5.41, 5.74) is 1.87. The Morgan fingerprint density at radius 2 is 2.11 bits per heavy atom. The lowest BCUT2D eigenvalue weighted by Gasteiger charge is -2.19. The highest BCUT2D eigenvalue weighted by molar-refractivity contribution is 5.97. The first-order valence-corrected chi connectivity index (χ1v) is 5.84. The van der Waals surface area contributed by atoms with Gasteiger partial charge in [-0.2, -0.15) is 15.4 Å². The highest BCUT2D eigenvalue weighted by Gasteiger charge is 2.16. The van der Waals surface area contributed by atoms with Crippen molar-refractivity contribution in [3.63, 3.8) is 0 Å². The van der Waals surface area contributed by atoms with Gasteiger partial charge in [-0.3, -0.25) is 4.79 Å². The molecule has 0 bridgehead atoms.